The minimum atomic E-state index is 0.678. The maximum absolute atomic E-state index is 6.74. The van der Waals surface area contributed by atoms with Crippen LogP contribution in [0.4, 0.5) is 0 Å². The van der Waals surface area contributed by atoms with Crippen molar-refractivity contribution in [3.63, 3.8) is 0 Å². The molecule has 56 heavy (non-hydrogen) atoms. The zero-order valence-corrected chi connectivity index (χ0v) is 30.3. The second-order valence-electron chi connectivity index (χ2n) is 14.1. The maximum Gasteiger partial charge on any atom is 0.160 e. The lowest BCUT2D eigenvalue weighted by molar-refractivity contribution is 0.669. The van der Waals surface area contributed by atoms with Gasteiger partial charge in [-0.1, -0.05) is 152 Å². The molecule has 4 heteroatoms. The Labute approximate surface area is 323 Å². The summed E-state index contributed by atoms with van der Waals surface area (Å²) in [7, 11) is 0. The van der Waals surface area contributed by atoms with Crippen LogP contribution in [0.15, 0.2) is 205 Å². The normalized spacial score (nSPS) is 11.6. The number of hydrogen-bond donors (Lipinski definition) is 0. The van der Waals surface area contributed by atoms with Crippen LogP contribution in [-0.4, -0.2) is 14.5 Å². The number of para-hydroxylation sites is 3. The van der Waals surface area contributed by atoms with Crippen molar-refractivity contribution in [2.24, 2.45) is 0 Å². The number of benzene rings is 8. The number of furan rings is 1. The van der Waals surface area contributed by atoms with E-state index in [0.717, 1.165) is 83.5 Å². The second kappa shape index (κ2) is 13.1. The number of hydrogen-bond acceptors (Lipinski definition) is 3. The van der Waals surface area contributed by atoms with Crippen LogP contribution in [0.5, 0.6) is 0 Å². The van der Waals surface area contributed by atoms with Crippen molar-refractivity contribution in [1.82, 2.24) is 14.5 Å². The highest BCUT2D eigenvalue weighted by Gasteiger charge is 2.24. The highest BCUT2D eigenvalue weighted by molar-refractivity contribution is 6.16. The molecule has 0 unspecified atom stereocenters. The van der Waals surface area contributed by atoms with E-state index in [1.54, 1.807) is 0 Å². The molecule has 11 aromatic rings. The fourth-order valence-corrected chi connectivity index (χ4v) is 8.28. The molecule has 3 aromatic heterocycles. The highest BCUT2D eigenvalue weighted by atomic mass is 16.3. The quantitative estimate of drug-likeness (QED) is 0.172. The summed E-state index contributed by atoms with van der Waals surface area (Å²) in [6.07, 6.45) is 0. The topological polar surface area (TPSA) is 43.9 Å². The van der Waals surface area contributed by atoms with E-state index in [4.69, 9.17) is 14.4 Å². The predicted molar refractivity (Wildman–Crippen MR) is 231 cm³/mol. The Bertz CT molecular complexity index is 3160. The second-order valence-corrected chi connectivity index (χ2v) is 14.1. The first-order chi connectivity index (χ1) is 27.8. The third-order valence-corrected chi connectivity index (χ3v) is 10.8. The summed E-state index contributed by atoms with van der Waals surface area (Å²) in [5, 5.41) is 4.57. The van der Waals surface area contributed by atoms with Gasteiger partial charge in [-0.25, -0.2) is 9.97 Å². The molecule has 0 saturated carbocycles. The first-order valence-corrected chi connectivity index (χ1v) is 18.9. The van der Waals surface area contributed by atoms with Crippen LogP contribution in [0.1, 0.15) is 0 Å². The van der Waals surface area contributed by atoms with E-state index in [1.165, 1.54) is 16.3 Å². The van der Waals surface area contributed by atoms with Crippen LogP contribution in [0, 0.1) is 0 Å². The highest BCUT2D eigenvalue weighted by Crippen LogP contribution is 2.46. The predicted octanol–water partition coefficient (Wildman–Crippen LogP) is 13.8. The Balaban J connectivity index is 1.23. The van der Waals surface area contributed by atoms with Crippen molar-refractivity contribution >= 4 is 43.7 Å². The van der Waals surface area contributed by atoms with Gasteiger partial charge in [0.15, 0.2) is 5.82 Å². The molecule has 3 heterocycles. The molecule has 0 atom stereocenters. The van der Waals surface area contributed by atoms with Gasteiger partial charge in [0.25, 0.3) is 0 Å². The molecule has 8 aromatic carbocycles. The van der Waals surface area contributed by atoms with Crippen molar-refractivity contribution in [3.05, 3.63) is 200 Å². The van der Waals surface area contributed by atoms with Crippen molar-refractivity contribution in [1.29, 1.82) is 0 Å². The van der Waals surface area contributed by atoms with E-state index in [0.29, 0.717) is 5.82 Å². The van der Waals surface area contributed by atoms with Crippen LogP contribution >= 0.6 is 0 Å². The van der Waals surface area contributed by atoms with Gasteiger partial charge in [-0.2, -0.15) is 0 Å². The molecular formula is C52H33N3O. The van der Waals surface area contributed by atoms with Gasteiger partial charge >= 0.3 is 0 Å². The smallest absolute Gasteiger partial charge is 0.160 e. The zero-order chi connectivity index (χ0) is 37.0. The molecule has 0 bridgehead atoms. The monoisotopic (exact) mass is 715 g/mol. The Kier molecular flexibility index (Phi) is 7.46. The lowest BCUT2D eigenvalue weighted by atomic mass is 9.90. The zero-order valence-electron chi connectivity index (χ0n) is 30.3. The fraction of sp³-hybridized carbons (Fsp3) is 0. The van der Waals surface area contributed by atoms with Crippen molar-refractivity contribution in [3.8, 4) is 61.8 Å². The molecule has 4 nitrogen and oxygen atoms in total. The molecule has 0 N–H and O–H groups in total. The average Bonchev–Trinajstić information content (AvgIpc) is 3.82. The molecule has 0 aliphatic carbocycles. The summed E-state index contributed by atoms with van der Waals surface area (Å²) >= 11 is 0. The van der Waals surface area contributed by atoms with Crippen LogP contribution in [0.2, 0.25) is 0 Å². The average molecular weight is 716 g/mol. The summed E-state index contributed by atoms with van der Waals surface area (Å²) in [5.41, 5.74) is 14.0. The number of rotatable bonds is 6. The minimum absolute atomic E-state index is 0.678. The third-order valence-electron chi connectivity index (χ3n) is 10.8. The molecule has 0 aliphatic rings. The summed E-state index contributed by atoms with van der Waals surface area (Å²) in [4.78, 5) is 10.7. The van der Waals surface area contributed by atoms with Gasteiger partial charge in [0.05, 0.1) is 22.4 Å². The molecule has 0 radical (unpaired) electrons. The van der Waals surface area contributed by atoms with Crippen LogP contribution in [0.25, 0.3) is 106 Å². The standard InChI is InChI=1S/C52H33N3O/c1-5-17-34(18-6-1)50-48(51(35-19-7-2-8-20-35)54-52(53-50)36-21-9-3-10-22-36)38-32-42(49-41-26-14-16-28-46(41)56-47(49)33-38)37-29-30-45-43(31-37)40-25-13-15-27-44(40)55(45)39-23-11-4-12-24-39/h1-33H. The Morgan fingerprint density at radius 2 is 0.929 bits per heavy atom. The molecule has 0 saturated heterocycles. The van der Waals surface area contributed by atoms with Gasteiger partial charge in [-0.15, -0.1) is 0 Å². The molecule has 11 rings (SSSR count). The Morgan fingerprint density at radius 1 is 0.375 bits per heavy atom. The van der Waals surface area contributed by atoms with E-state index in [2.05, 4.69) is 168 Å². The van der Waals surface area contributed by atoms with Gasteiger partial charge in [0, 0.05) is 49.5 Å². The molecular weight excluding hydrogens is 683 g/mol. The first kappa shape index (κ1) is 31.9. The van der Waals surface area contributed by atoms with Gasteiger partial charge < -0.3 is 8.98 Å². The first-order valence-electron chi connectivity index (χ1n) is 18.9. The van der Waals surface area contributed by atoms with E-state index < -0.39 is 0 Å². The summed E-state index contributed by atoms with van der Waals surface area (Å²) in [6, 6.07) is 70.1. The molecule has 0 fully saturated rings. The number of fused-ring (bicyclic) bond motifs is 6. The summed E-state index contributed by atoms with van der Waals surface area (Å²) < 4.78 is 9.09. The SMILES string of the molecule is c1ccc(-c2nc(-c3ccccc3)c(-c3cc(-c4ccc5c(c4)c4ccccc4n5-c4ccccc4)c4c(c3)oc3ccccc34)c(-c3ccccc3)n2)cc1. The van der Waals surface area contributed by atoms with E-state index in [-0.39, 0.29) is 0 Å². The lowest BCUT2D eigenvalue weighted by Crippen LogP contribution is -2.01. The van der Waals surface area contributed by atoms with Crippen molar-refractivity contribution < 1.29 is 4.42 Å². The van der Waals surface area contributed by atoms with Gasteiger partial charge in [-0.3, -0.25) is 0 Å². The van der Waals surface area contributed by atoms with Gasteiger partial charge in [0.2, 0.25) is 0 Å². The van der Waals surface area contributed by atoms with Crippen LogP contribution in [0.3, 0.4) is 0 Å². The summed E-state index contributed by atoms with van der Waals surface area (Å²) in [6.45, 7) is 0. The van der Waals surface area contributed by atoms with E-state index in [1.807, 2.05) is 36.4 Å². The van der Waals surface area contributed by atoms with Crippen molar-refractivity contribution in [2.45, 2.75) is 0 Å². The van der Waals surface area contributed by atoms with Gasteiger partial charge in [0.1, 0.15) is 11.2 Å². The Hall–Kier alpha value is -7.56. The van der Waals surface area contributed by atoms with Gasteiger partial charge in [-0.05, 0) is 65.2 Å². The molecule has 262 valence electrons. The maximum atomic E-state index is 6.74. The minimum Gasteiger partial charge on any atom is -0.456 e. The largest absolute Gasteiger partial charge is 0.456 e. The molecule has 0 spiro atoms. The Morgan fingerprint density at radius 3 is 1.61 bits per heavy atom. The fourth-order valence-electron chi connectivity index (χ4n) is 8.28. The summed E-state index contributed by atoms with van der Waals surface area (Å²) in [5.74, 6) is 0.678. The molecule has 0 amide bonds. The third kappa shape index (κ3) is 5.23. The van der Waals surface area contributed by atoms with E-state index >= 15 is 0 Å². The lowest BCUT2D eigenvalue weighted by Gasteiger charge is -2.18. The number of aromatic nitrogens is 3. The number of nitrogens with zero attached hydrogens (tertiary/aromatic N) is 3. The van der Waals surface area contributed by atoms with Crippen LogP contribution < -0.4 is 0 Å². The molecule has 0 aliphatic heterocycles. The van der Waals surface area contributed by atoms with Crippen molar-refractivity contribution in [2.75, 3.05) is 0 Å². The van der Waals surface area contributed by atoms with Crippen LogP contribution in [-0.2, 0) is 0 Å². The van der Waals surface area contributed by atoms with E-state index in [9.17, 15) is 0 Å².